The average molecular weight is 1100 g/mol. The van der Waals surface area contributed by atoms with E-state index in [1.54, 1.807) is 0 Å². The van der Waals surface area contributed by atoms with Crippen molar-refractivity contribution in [2.24, 2.45) is 0 Å². The van der Waals surface area contributed by atoms with Gasteiger partial charge in [-0.1, -0.05) is 311 Å². The summed E-state index contributed by atoms with van der Waals surface area (Å²) in [5.41, 5.74) is 0. The molecule has 0 amide bonds. The van der Waals surface area contributed by atoms with Crippen molar-refractivity contribution in [3.8, 4) is 0 Å². The molecule has 0 radical (unpaired) electrons. The Morgan fingerprint density at radius 1 is 0.266 bits per heavy atom. The summed E-state index contributed by atoms with van der Waals surface area (Å²) >= 11 is 0. The molecule has 0 fully saturated rings. The molecular weight excluding hydrogens is 973 g/mol. The smallest absolute Gasteiger partial charge is 0.306 e. The summed E-state index contributed by atoms with van der Waals surface area (Å²) in [6.07, 6.45) is 88.8. The van der Waals surface area contributed by atoms with Gasteiger partial charge in [0.1, 0.15) is 13.2 Å². The van der Waals surface area contributed by atoms with Crippen molar-refractivity contribution in [3.63, 3.8) is 0 Å². The highest BCUT2D eigenvalue weighted by atomic mass is 16.6. The van der Waals surface area contributed by atoms with E-state index in [4.69, 9.17) is 14.2 Å². The summed E-state index contributed by atoms with van der Waals surface area (Å²) in [6, 6.07) is 0. The van der Waals surface area contributed by atoms with Gasteiger partial charge < -0.3 is 14.2 Å². The number of ether oxygens (including phenoxy) is 3. The van der Waals surface area contributed by atoms with Gasteiger partial charge in [0.05, 0.1) is 0 Å². The summed E-state index contributed by atoms with van der Waals surface area (Å²) in [5.74, 6) is -0.890. The van der Waals surface area contributed by atoms with Gasteiger partial charge in [0.25, 0.3) is 0 Å². The normalized spacial score (nSPS) is 12.6. The van der Waals surface area contributed by atoms with E-state index in [0.717, 1.165) is 116 Å². The molecule has 0 heterocycles. The Labute approximate surface area is 490 Å². The van der Waals surface area contributed by atoms with Gasteiger partial charge in [-0.3, -0.25) is 14.4 Å². The largest absolute Gasteiger partial charge is 0.462 e. The molecule has 0 aromatic rings. The molecule has 6 heteroatoms. The maximum atomic E-state index is 13.0. The molecule has 0 aromatic heterocycles. The predicted molar refractivity (Wildman–Crippen MR) is 344 cm³/mol. The number of rotatable bonds is 62. The van der Waals surface area contributed by atoms with Gasteiger partial charge in [-0.2, -0.15) is 0 Å². The molecule has 0 aliphatic carbocycles. The van der Waals surface area contributed by atoms with Gasteiger partial charge in [0.2, 0.25) is 0 Å². The third-order valence-electron chi connectivity index (χ3n) is 14.9. The first-order chi connectivity index (χ1) is 39.0. The van der Waals surface area contributed by atoms with Gasteiger partial charge in [-0.25, -0.2) is 0 Å². The first-order valence-electron chi connectivity index (χ1n) is 34.1. The van der Waals surface area contributed by atoms with Crippen LogP contribution in [-0.4, -0.2) is 37.2 Å². The van der Waals surface area contributed by atoms with Crippen LogP contribution >= 0.6 is 0 Å². The van der Waals surface area contributed by atoms with E-state index >= 15 is 0 Å². The second-order valence-electron chi connectivity index (χ2n) is 22.7. The molecule has 1 unspecified atom stereocenters. The van der Waals surface area contributed by atoms with Gasteiger partial charge in [0, 0.05) is 19.3 Å². The van der Waals surface area contributed by atoms with Crippen LogP contribution in [0.1, 0.15) is 342 Å². The zero-order chi connectivity index (χ0) is 57.1. The minimum absolute atomic E-state index is 0.0844. The summed E-state index contributed by atoms with van der Waals surface area (Å²) in [7, 11) is 0. The zero-order valence-electron chi connectivity index (χ0n) is 52.4. The third-order valence-corrected chi connectivity index (χ3v) is 14.9. The molecule has 0 aliphatic rings. The molecule has 6 nitrogen and oxygen atoms in total. The topological polar surface area (TPSA) is 78.9 Å². The average Bonchev–Trinajstić information content (AvgIpc) is 3.45. The summed E-state index contributed by atoms with van der Waals surface area (Å²) in [4.78, 5) is 38.4. The lowest BCUT2D eigenvalue weighted by Gasteiger charge is -2.18. The molecule has 456 valence electrons. The molecule has 79 heavy (non-hydrogen) atoms. The third kappa shape index (κ3) is 65.3. The van der Waals surface area contributed by atoms with Crippen LogP contribution in [0.25, 0.3) is 0 Å². The maximum Gasteiger partial charge on any atom is 0.306 e. The van der Waals surface area contributed by atoms with Crippen molar-refractivity contribution in [2.45, 2.75) is 348 Å². The van der Waals surface area contributed by atoms with Crippen molar-refractivity contribution in [2.75, 3.05) is 13.2 Å². The van der Waals surface area contributed by atoms with Crippen molar-refractivity contribution in [3.05, 3.63) is 85.1 Å². The molecule has 0 spiro atoms. The first kappa shape index (κ1) is 75.6. The van der Waals surface area contributed by atoms with Gasteiger partial charge in [0.15, 0.2) is 6.10 Å². The van der Waals surface area contributed by atoms with Crippen molar-refractivity contribution in [1.29, 1.82) is 0 Å². The Bertz CT molecular complexity index is 1500. The zero-order valence-corrected chi connectivity index (χ0v) is 52.4. The van der Waals surface area contributed by atoms with Crippen LogP contribution < -0.4 is 0 Å². The van der Waals surface area contributed by atoms with Crippen molar-refractivity contribution >= 4 is 17.9 Å². The van der Waals surface area contributed by atoms with Gasteiger partial charge >= 0.3 is 17.9 Å². The maximum absolute atomic E-state index is 13.0. The molecule has 0 rings (SSSR count). The lowest BCUT2D eigenvalue weighted by Crippen LogP contribution is -2.30. The fraction of sp³-hybridized carbons (Fsp3) is 0.767. The van der Waals surface area contributed by atoms with Crippen LogP contribution in [0.4, 0.5) is 0 Å². The first-order valence-corrected chi connectivity index (χ1v) is 34.1. The highest BCUT2D eigenvalue weighted by Crippen LogP contribution is 2.17. The minimum atomic E-state index is -0.788. The number of allylic oxidation sites excluding steroid dienone is 14. The minimum Gasteiger partial charge on any atom is -0.462 e. The van der Waals surface area contributed by atoms with Crippen LogP contribution in [0.2, 0.25) is 0 Å². The lowest BCUT2D eigenvalue weighted by molar-refractivity contribution is -0.167. The SMILES string of the molecule is CC/C=C\C/C=C\C/C=C\C/C=C\C/C=C\CCCCCCCCCC(=O)OCC(COC(=O)CCCCCCC/C=C\C/C=C\CCCCCC)OC(=O)CCCCCCCCCCCCCCCCCCCCCCCC. The van der Waals surface area contributed by atoms with E-state index in [1.165, 1.54) is 186 Å². The number of hydrogen-bond donors (Lipinski definition) is 0. The number of carbonyl (C=O) groups excluding carboxylic acids is 3. The monoisotopic (exact) mass is 1100 g/mol. The second-order valence-corrected chi connectivity index (χ2v) is 22.7. The Morgan fingerprint density at radius 3 is 0.785 bits per heavy atom. The molecule has 0 aromatic carbocycles. The van der Waals surface area contributed by atoms with E-state index in [1.807, 2.05) is 0 Å². The van der Waals surface area contributed by atoms with Crippen LogP contribution in [0.5, 0.6) is 0 Å². The van der Waals surface area contributed by atoms with Crippen LogP contribution in [-0.2, 0) is 28.6 Å². The Hall–Kier alpha value is -3.41. The fourth-order valence-electron chi connectivity index (χ4n) is 9.80. The molecule has 0 bridgehead atoms. The number of hydrogen-bond acceptors (Lipinski definition) is 6. The Kier molecular flexibility index (Phi) is 64.2. The van der Waals surface area contributed by atoms with E-state index in [-0.39, 0.29) is 31.1 Å². The molecule has 1 atom stereocenters. The van der Waals surface area contributed by atoms with Crippen LogP contribution in [0, 0.1) is 0 Å². The van der Waals surface area contributed by atoms with Gasteiger partial charge in [-0.05, 0) is 96.3 Å². The number of esters is 3. The highest BCUT2D eigenvalue weighted by Gasteiger charge is 2.19. The van der Waals surface area contributed by atoms with Crippen LogP contribution in [0.15, 0.2) is 85.1 Å². The van der Waals surface area contributed by atoms with E-state index in [2.05, 4.69) is 106 Å². The van der Waals surface area contributed by atoms with Crippen molar-refractivity contribution in [1.82, 2.24) is 0 Å². The summed E-state index contributed by atoms with van der Waals surface area (Å²) in [5, 5.41) is 0. The summed E-state index contributed by atoms with van der Waals surface area (Å²) < 4.78 is 17.0. The van der Waals surface area contributed by atoms with E-state index in [9.17, 15) is 14.4 Å². The molecule has 0 saturated carbocycles. The van der Waals surface area contributed by atoms with Crippen molar-refractivity contribution < 1.29 is 28.6 Å². The van der Waals surface area contributed by atoms with E-state index < -0.39 is 6.10 Å². The standard InChI is InChI=1S/C73H128O6/c1-4-7-10-13-16-19-22-25-28-31-33-35-37-39-40-42-45-48-51-54-57-60-63-66-72(75)78-69-70(68-77-71(74)65-62-59-56-53-50-47-44-30-27-24-21-18-15-12-9-6-3)79-73(76)67-64-61-58-55-52-49-46-43-41-38-36-34-32-29-26-23-20-17-14-11-8-5-2/h7,10,16,19,21,24-25,28,30,33,35,39-40,44,70H,4-6,8-9,11-15,17-18,20,22-23,26-27,29,31-32,34,36-38,41-43,45-69H2,1-3H3/b10-7-,19-16-,24-21-,28-25-,35-33-,40-39-,44-30-. The van der Waals surface area contributed by atoms with Gasteiger partial charge in [-0.15, -0.1) is 0 Å². The number of unbranched alkanes of at least 4 members (excludes halogenated alkanes) is 37. The number of carbonyl (C=O) groups is 3. The molecule has 0 N–H and O–H groups in total. The highest BCUT2D eigenvalue weighted by molar-refractivity contribution is 5.71. The quantitative estimate of drug-likeness (QED) is 0.0261. The second kappa shape index (κ2) is 67.1. The molecule has 0 aliphatic heterocycles. The molecular formula is C73H128O6. The lowest BCUT2D eigenvalue weighted by atomic mass is 10.0. The summed E-state index contributed by atoms with van der Waals surface area (Å²) in [6.45, 7) is 6.54. The molecule has 0 saturated heterocycles. The van der Waals surface area contributed by atoms with E-state index in [0.29, 0.717) is 19.3 Å². The van der Waals surface area contributed by atoms with Crippen LogP contribution in [0.3, 0.4) is 0 Å². The Balaban J connectivity index is 4.37. The fourth-order valence-corrected chi connectivity index (χ4v) is 9.80. The predicted octanol–water partition coefficient (Wildman–Crippen LogP) is 23.4. The Morgan fingerprint density at radius 2 is 0.494 bits per heavy atom.